The first-order chi connectivity index (χ1) is 31.7. The third kappa shape index (κ3) is 9.39. The molecule has 4 aliphatic heterocycles. The Balaban J connectivity index is 0.779. The zero-order chi connectivity index (χ0) is 46.3. The summed E-state index contributed by atoms with van der Waals surface area (Å²) in [6.07, 6.45) is 5.64. The van der Waals surface area contributed by atoms with Crippen molar-refractivity contribution in [1.82, 2.24) is 45.6 Å². The van der Waals surface area contributed by atoms with Crippen molar-refractivity contribution in [3.8, 4) is 27.4 Å². The topological polar surface area (TPSA) is 219 Å². The molecule has 5 aromatic rings. The predicted octanol–water partition coefficient (Wildman–Crippen LogP) is 4.14. The number of nitrogens with one attached hydrogen (secondary N) is 2. The second kappa shape index (κ2) is 18.6. The molecule has 18 heteroatoms. The zero-order valence-corrected chi connectivity index (χ0v) is 38.6. The fourth-order valence-electron chi connectivity index (χ4n) is 9.94. The molecule has 2 aromatic carbocycles. The molecule has 4 saturated heterocycles. The van der Waals surface area contributed by atoms with E-state index in [0.29, 0.717) is 49.1 Å². The van der Waals surface area contributed by atoms with Gasteiger partial charge >= 0.3 is 0 Å². The van der Waals surface area contributed by atoms with Gasteiger partial charge in [-0.05, 0) is 67.5 Å². The van der Waals surface area contributed by atoms with Crippen molar-refractivity contribution in [2.24, 2.45) is 11.3 Å². The highest BCUT2D eigenvalue weighted by molar-refractivity contribution is 7.13. The van der Waals surface area contributed by atoms with Gasteiger partial charge in [0, 0.05) is 81.3 Å². The van der Waals surface area contributed by atoms with Crippen molar-refractivity contribution in [3.05, 3.63) is 89.3 Å². The lowest BCUT2D eigenvalue weighted by Gasteiger charge is -2.42. The highest BCUT2D eigenvalue weighted by Gasteiger charge is 2.46. The van der Waals surface area contributed by atoms with E-state index < -0.39 is 23.6 Å². The summed E-state index contributed by atoms with van der Waals surface area (Å²) in [5.41, 5.74) is 13.4. The number of nitrogens with two attached hydrogens (primary N) is 1. The number of phenols is 1. The van der Waals surface area contributed by atoms with E-state index in [0.717, 1.165) is 58.9 Å². The molecule has 2 bridgehead atoms. The molecular formula is C48H58N12O5S. The predicted molar refractivity (Wildman–Crippen MR) is 252 cm³/mol. The summed E-state index contributed by atoms with van der Waals surface area (Å²) in [6, 6.07) is 15.5. The minimum atomic E-state index is -0.902. The van der Waals surface area contributed by atoms with Crippen LogP contribution in [0.3, 0.4) is 0 Å². The quantitative estimate of drug-likeness (QED) is 0.119. The molecule has 3 aromatic heterocycles. The van der Waals surface area contributed by atoms with Crippen molar-refractivity contribution in [2.45, 2.75) is 96.7 Å². The molecule has 4 fully saturated rings. The normalized spacial score (nSPS) is 22.4. The van der Waals surface area contributed by atoms with E-state index in [2.05, 4.69) is 40.5 Å². The summed E-state index contributed by atoms with van der Waals surface area (Å²) in [7, 11) is 0. The number of aromatic hydroxyl groups is 1. The number of carbonyl (C=O) groups excluding carboxylic acids is 3. The maximum absolute atomic E-state index is 14.3. The number of likely N-dealkylation sites (tertiary alicyclic amines) is 2. The summed E-state index contributed by atoms with van der Waals surface area (Å²) in [6.45, 7) is 11.2. The summed E-state index contributed by atoms with van der Waals surface area (Å²) >= 11 is 1.58. The molecule has 4 aliphatic rings. The van der Waals surface area contributed by atoms with Gasteiger partial charge in [0.1, 0.15) is 17.8 Å². The van der Waals surface area contributed by atoms with Gasteiger partial charge in [0.05, 0.1) is 39.5 Å². The number of nitrogens with zero attached hydrogens (tertiary/aromatic N) is 9. The van der Waals surface area contributed by atoms with Crippen molar-refractivity contribution in [1.29, 1.82) is 0 Å². The minimum absolute atomic E-state index is 0.0129. The third-order valence-corrected chi connectivity index (χ3v) is 14.4. The number of hydrogen-bond acceptors (Lipinski definition) is 15. The molecule has 66 heavy (non-hydrogen) atoms. The highest BCUT2D eigenvalue weighted by atomic mass is 32.1. The Labute approximate surface area is 388 Å². The van der Waals surface area contributed by atoms with Gasteiger partial charge in [0.25, 0.3) is 0 Å². The number of β-amino-alcohol motifs (C(OH)–C–C–N with tert-alkyl or cyclic N) is 1. The van der Waals surface area contributed by atoms with Gasteiger partial charge < -0.3 is 41.3 Å². The molecular weight excluding hydrogens is 857 g/mol. The monoisotopic (exact) mass is 914 g/mol. The van der Waals surface area contributed by atoms with Crippen LogP contribution in [0.1, 0.15) is 63.3 Å². The highest BCUT2D eigenvalue weighted by Crippen LogP contribution is 2.38. The maximum atomic E-state index is 14.3. The first kappa shape index (κ1) is 44.9. The second-order valence-electron chi connectivity index (χ2n) is 19.2. The summed E-state index contributed by atoms with van der Waals surface area (Å²) in [5, 5.41) is 35.7. The standard InChI is InChI=1S/C48H58N12O5S/c1-28-41(66-27-53-28)31-11-9-29(10-12-31)19-50-45(64)39-17-35(61)26-59(39)46(65)42(48(2,3)4)54-44(63)32-15-16-57(23-32)22-30-20-51-47(52-21-30)60-33-13-14-34(60)25-58(24-33)38-18-37(55-56-43(38)49)36-7-5-6-8-40(36)62/h5-12,18,20-21,27,32-35,39,42,61-62H,13-17,19,22-26H2,1-4H3,(H2,49,56)(H,50,64)(H,54,63)/t32-,33?,34?,35+,39-,42+/m0/s1. The van der Waals surface area contributed by atoms with Crippen LogP contribution in [0.15, 0.2) is 72.5 Å². The molecule has 346 valence electrons. The van der Waals surface area contributed by atoms with Crippen LogP contribution in [-0.4, -0.2) is 126 Å². The van der Waals surface area contributed by atoms with Crippen LogP contribution >= 0.6 is 11.3 Å². The van der Waals surface area contributed by atoms with Gasteiger partial charge in [-0.15, -0.1) is 21.5 Å². The molecule has 9 rings (SSSR count). The Morgan fingerprint density at radius 1 is 0.909 bits per heavy atom. The molecule has 0 spiro atoms. The van der Waals surface area contributed by atoms with Crippen molar-refractivity contribution in [2.75, 3.05) is 48.3 Å². The van der Waals surface area contributed by atoms with Crippen molar-refractivity contribution in [3.63, 3.8) is 0 Å². The minimum Gasteiger partial charge on any atom is -0.507 e. The van der Waals surface area contributed by atoms with Crippen molar-refractivity contribution >= 4 is 46.5 Å². The number of hydrogen-bond donors (Lipinski definition) is 5. The van der Waals surface area contributed by atoms with E-state index in [-0.39, 0.29) is 61.0 Å². The van der Waals surface area contributed by atoms with E-state index in [4.69, 9.17) is 15.7 Å². The van der Waals surface area contributed by atoms with E-state index in [1.807, 2.05) is 88.1 Å². The SMILES string of the molecule is Cc1ncsc1-c1ccc(CNC(=O)[C@@H]2C[C@@H](O)CN2C(=O)[C@@H](NC(=O)[C@H]2CCN(Cc3cnc(N4C5CCC4CN(c4cc(-c6ccccc6O)nnc4N)C5)nc3)C2)C(C)(C)C)cc1. The largest absolute Gasteiger partial charge is 0.507 e. The number of carbonyl (C=O) groups is 3. The van der Waals surface area contributed by atoms with Crippen LogP contribution in [0.5, 0.6) is 5.75 Å². The van der Waals surface area contributed by atoms with Crippen LogP contribution in [0.25, 0.3) is 21.7 Å². The molecule has 7 heterocycles. The van der Waals surface area contributed by atoms with Gasteiger partial charge in [-0.3, -0.25) is 19.3 Å². The first-order valence-corrected chi connectivity index (χ1v) is 23.6. The summed E-state index contributed by atoms with van der Waals surface area (Å²) in [4.78, 5) is 65.1. The van der Waals surface area contributed by atoms with E-state index in [1.165, 1.54) is 4.90 Å². The number of amides is 3. The number of aromatic nitrogens is 5. The number of aliphatic hydroxyl groups excluding tert-OH is 1. The van der Waals surface area contributed by atoms with Crippen LogP contribution < -0.4 is 26.2 Å². The van der Waals surface area contributed by atoms with Crippen molar-refractivity contribution < 1.29 is 24.6 Å². The lowest BCUT2D eigenvalue weighted by atomic mass is 9.85. The molecule has 0 aliphatic carbocycles. The Morgan fingerprint density at radius 2 is 1.64 bits per heavy atom. The van der Waals surface area contributed by atoms with Gasteiger partial charge in [-0.25, -0.2) is 15.0 Å². The fourth-order valence-corrected chi connectivity index (χ4v) is 10.8. The van der Waals surface area contributed by atoms with Crippen LogP contribution in [-0.2, 0) is 27.5 Å². The number of phenolic OH excluding ortho intramolecular Hbond substituents is 1. The average Bonchev–Trinajstić information content (AvgIpc) is 4.11. The van der Waals surface area contributed by atoms with E-state index >= 15 is 0 Å². The van der Waals surface area contributed by atoms with Gasteiger partial charge in [0.2, 0.25) is 23.7 Å². The molecule has 2 unspecified atom stereocenters. The number of fused-ring (bicyclic) bond motifs is 2. The third-order valence-electron chi connectivity index (χ3n) is 13.5. The summed E-state index contributed by atoms with van der Waals surface area (Å²) < 4.78 is 0. The molecule has 6 N–H and O–H groups in total. The number of piperazine rings is 1. The molecule has 0 saturated carbocycles. The number of aliphatic hydroxyl groups is 1. The molecule has 3 amide bonds. The Bertz CT molecular complexity index is 2550. The fraction of sp³-hybridized carbons (Fsp3) is 0.458. The Kier molecular flexibility index (Phi) is 12.6. The van der Waals surface area contributed by atoms with E-state index in [1.54, 1.807) is 23.5 Å². The average molecular weight is 915 g/mol. The number of rotatable bonds is 12. The molecule has 0 radical (unpaired) electrons. The number of para-hydroxylation sites is 1. The van der Waals surface area contributed by atoms with Gasteiger partial charge in [-0.2, -0.15) is 0 Å². The lowest BCUT2D eigenvalue weighted by Crippen LogP contribution is -2.58. The smallest absolute Gasteiger partial charge is 0.246 e. The van der Waals surface area contributed by atoms with Gasteiger partial charge in [0.15, 0.2) is 5.82 Å². The Morgan fingerprint density at radius 3 is 2.32 bits per heavy atom. The Hall–Kier alpha value is -6.24. The number of thiazole rings is 1. The van der Waals surface area contributed by atoms with Crippen LogP contribution in [0.4, 0.5) is 17.5 Å². The molecule has 6 atom stereocenters. The second-order valence-corrected chi connectivity index (χ2v) is 20.1. The number of nitrogen functional groups attached to an aromatic ring is 1. The van der Waals surface area contributed by atoms with Crippen LogP contribution in [0.2, 0.25) is 0 Å². The summed E-state index contributed by atoms with van der Waals surface area (Å²) in [5.74, 6) is -0.0808. The zero-order valence-electron chi connectivity index (χ0n) is 37.8. The number of benzene rings is 2. The molecule has 17 nitrogen and oxygen atoms in total. The van der Waals surface area contributed by atoms with Crippen LogP contribution in [0, 0.1) is 18.3 Å². The first-order valence-electron chi connectivity index (χ1n) is 22.7. The number of aryl methyl sites for hydroxylation is 1. The van der Waals surface area contributed by atoms with E-state index in [9.17, 15) is 24.6 Å². The van der Waals surface area contributed by atoms with Gasteiger partial charge in [-0.1, -0.05) is 57.2 Å². The maximum Gasteiger partial charge on any atom is 0.246 e. The number of anilines is 3. The lowest BCUT2D eigenvalue weighted by molar-refractivity contribution is -0.144.